The number of anilines is 3. The average molecular weight is 564 g/mol. The van der Waals surface area contributed by atoms with E-state index in [1.807, 2.05) is 64.8 Å². The zero-order chi connectivity index (χ0) is 28.8. The molecule has 6 aromatic rings. The zero-order valence-corrected chi connectivity index (χ0v) is 23.2. The van der Waals surface area contributed by atoms with Crippen LogP contribution >= 0.6 is 0 Å². The number of piperidine rings is 1. The third-order valence-electron chi connectivity index (χ3n) is 7.98. The maximum atomic E-state index is 13.3. The molecule has 0 unspecified atom stereocenters. The van der Waals surface area contributed by atoms with E-state index in [9.17, 15) is 4.79 Å². The first kappa shape index (κ1) is 25.6. The van der Waals surface area contributed by atoms with Crippen molar-refractivity contribution in [2.45, 2.75) is 18.9 Å². The van der Waals surface area contributed by atoms with Crippen molar-refractivity contribution in [3.8, 4) is 17.0 Å². The van der Waals surface area contributed by atoms with Gasteiger partial charge >= 0.3 is 0 Å². The van der Waals surface area contributed by atoms with E-state index in [1.54, 1.807) is 13.4 Å². The van der Waals surface area contributed by atoms with Crippen molar-refractivity contribution in [1.82, 2.24) is 29.3 Å². The standard InChI is InChI=1S/C30H29N9O3/c1-37-22-6-4-3-5-18(22)13-23(37)30(40)35-21-8-7-19(14-24(21)41-2)27-26-28(31)32-16-33-29(26)39(36-27)20-9-11-38(12-10-20)25-15-42-17-34-25/h3-8,13-17,20H,9-12H2,1-2H3,(H,35,40)(H2,31,32,33). The number of fused-ring (bicyclic) bond motifs is 2. The molecule has 212 valence electrons. The zero-order valence-electron chi connectivity index (χ0n) is 23.2. The number of aromatic nitrogens is 6. The minimum Gasteiger partial charge on any atom is -0.495 e. The Morgan fingerprint density at radius 3 is 2.69 bits per heavy atom. The minimum atomic E-state index is -0.232. The number of hydrogen-bond donors (Lipinski definition) is 2. The highest BCUT2D eigenvalue weighted by molar-refractivity contribution is 6.07. The molecule has 1 aliphatic rings. The van der Waals surface area contributed by atoms with Crippen molar-refractivity contribution in [3.63, 3.8) is 0 Å². The molecule has 0 radical (unpaired) electrons. The van der Waals surface area contributed by atoms with Gasteiger partial charge in [-0.1, -0.05) is 24.3 Å². The second-order valence-corrected chi connectivity index (χ2v) is 10.3. The predicted molar refractivity (Wildman–Crippen MR) is 160 cm³/mol. The van der Waals surface area contributed by atoms with E-state index in [0.29, 0.717) is 39.7 Å². The summed E-state index contributed by atoms with van der Waals surface area (Å²) in [5, 5.41) is 9.70. The maximum absolute atomic E-state index is 13.3. The van der Waals surface area contributed by atoms with Gasteiger partial charge in [0.05, 0.1) is 24.2 Å². The Hall–Kier alpha value is -5.39. The number of nitrogens with two attached hydrogens (primary N) is 1. The maximum Gasteiger partial charge on any atom is 0.272 e. The van der Waals surface area contributed by atoms with Crippen LogP contribution in [0.3, 0.4) is 0 Å². The Bertz CT molecular complexity index is 1920. The number of oxazole rings is 1. The van der Waals surface area contributed by atoms with Crippen LogP contribution in [0, 0.1) is 0 Å². The topological polar surface area (TPSA) is 142 Å². The first-order chi connectivity index (χ1) is 20.5. The molecule has 1 fully saturated rings. The minimum absolute atomic E-state index is 0.125. The lowest BCUT2D eigenvalue weighted by Gasteiger charge is -2.31. The van der Waals surface area contributed by atoms with Crippen molar-refractivity contribution < 1.29 is 13.9 Å². The molecule has 3 N–H and O–H groups in total. The van der Waals surface area contributed by atoms with Crippen molar-refractivity contribution in [3.05, 3.63) is 73.2 Å². The lowest BCUT2D eigenvalue weighted by atomic mass is 10.1. The number of nitrogen functional groups attached to an aromatic ring is 1. The lowest BCUT2D eigenvalue weighted by Crippen LogP contribution is -2.35. The molecule has 0 saturated carbocycles. The number of ether oxygens (including phenoxy) is 1. The number of para-hydroxylation sites is 1. The first-order valence-electron chi connectivity index (χ1n) is 13.7. The summed E-state index contributed by atoms with van der Waals surface area (Å²) in [6.45, 7) is 1.63. The monoisotopic (exact) mass is 563 g/mol. The molecule has 0 spiro atoms. The van der Waals surface area contributed by atoms with Gasteiger partial charge in [0, 0.05) is 36.6 Å². The summed E-state index contributed by atoms with van der Waals surface area (Å²) in [5.41, 5.74) is 10.6. The summed E-state index contributed by atoms with van der Waals surface area (Å²) in [6.07, 6.45) is 6.29. The second kappa shape index (κ2) is 10.2. The summed E-state index contributed by atoms with van der Waals surface area (Å²) >= 11 is 0. The van der Waals surface area contributed by atoms with Gasteiger partial charge in [-0.3, -0.25) is 4.79 Å². The lowest BCUT2D eigenvalue weighted by molar-refractivity contribution is 0.101. The number of carbonyl (C=O) groups is 1. The molecule has 12 nitrogen and oxygen atoms in total. The van der Waals surface area contributed by atoms with Gasteiger partial charge in [0.1, 0.15) is 35.5 Å². The Balaban J connectivity index is 1.20. The Kier molecular flexibility index (Phi) is 6.22. The van der Waals surface area contributed by atoms with Gasteiger partial charge in [-0.05, 0) is 37.1 Å². The highest BCUT2D eigenvalue weighted by Crippen LogP contribution is 2.37. The molecule has 42 heavy (non-hydrogen) atoms. The van der Waals surface area contributed by atoms with E-state index in [2.05, 4.69) is 25.2 Å². The average Bonchev–Trinajstić information content (AvgIpc) is 3.76. The van der Waals surface area contributed by atoms with E-state index in [-0.39, 0.29) is 11.9 Å². The number of carbonyl (C=O) groups excluding carboxylic acids is 1. The number of methoxy groups -OCH3 is 1. The van der Waals surface area contributed by atoms with Crippen LogP contribution in [-0.4, -0.2) is 55.4 Å². The summed E-state index contributed by atoms with van der Waals surface area (Å²) in [7, 11) is 3.45. The van der Waals surface area contributed by atoms with E-state index < -0.39 is 0 Å². The van der Waals surface area contributed by atoms with E-state index in [0.717, 1.165) is 48.2 Å². The van der Waals surface area contributed by atoms with Crippen molar-refractivity contribution >= 4 is 45.2 Å². The predicted octanol–water partition coefficient (Wildman–Crippen LogP) is 4.66. The largest absolute Gasteiger partial charge is 0.495 e. The van der Waals surface area contributed by atoms with Gasteiger partial charge < -0.3 is 29.7 Å². The quantitative estimate of drug-likeness (QED) is 0.296. The molecular weight excluding hydrogens is 534 g/mol. The molecule has 1 saturated heterocycles. The van der Waals surface area contributed by atoms with E-state index >= 15 is 0 Å². The molecule has 12 heteroatoms. The van der Waals surface area contributed by atoms with Gasteiger partial charge in [-0.25, -0.2) is 14.6 Å². The van der Waals surface area contributed by atoms with Crippen molar-refractivity contribution in [1.29, 1.82) is 0 Å². The molecule has 5 heterocycles. The molecule has 7 rings (SSSR count). The van der Waals surface area contributed by atoms with Gasteiger partial charge in [-0.15, -0.1) is 0 Å². The van der Waals surface area contributed by atoms with Crippen LogP contribution in [0.1, 0.15) is 29.4 Å². The molecule has 4 aromatic heterocycles. The molecule has 0 bridgehead atoms. The fourth-order valence-electron chi connectivity index (χ4n) is 5.79. The highest BCUT2D eigenvalue weighted by atomic mass is 16.5. The first-order valence-corrected chi connectivity index (χ1v) is 13.7. The number of aryl methyl sites for hydroxylation is 1. The third-order valence-corrected chi connectivity index (χ3v) is 7.98. The van der Waals surface area contributed by atoms with Crippen LogP contribution in [-0.2, 0) is 7.05 Å². The van der Waals surface area contributed by atoms with Crippen LogP contribution in [0.15, 0.2) is 71.9 Å². The fourth-order valence-corrected chi connectivity index (χ4v) is 5.79. The molecule has 1 amide bonds. The van der Waals surface area contributed by atoms with Crippen LogP contribution in [0.2, 0.25) is 0 Å². The Morgan fingerprint density at radius 2 is 1.93 bits per heavy atom. The van der Waals surface area contributed by atoms with Crippen molar-refractivity contribution in [2.24, 2.45) is 7.05 Å². The number of rotatable bonds is 6. The van der Waals surface area contributed by atoms with Crippen molar-refractivity contribution in [2.75, 3.05) is 36.1 Å². The summed E-state index contributed by atoms with van der Waals surface area (Å²) in [6, 6.07) is 15.4. The highest BCUT2D eigenvalue weighted by Gasteiger charge is 2.27. The third kappa shape index (κ3) is 4.28. The van der Waals surface area contributed by atoms with Gasteiger partial charge in [0.2, 0.25) is 0 Å². The second-order valence-electron chi connectivity index (χ2n) is 10.3. The summed E-state index contributed by atoms with van der Waals surface area (Å²) < 4.78 is 14.7. The molecule has 0 aliphatic carbocycles. The number of benzene rings is 2. The molecule has 0 atom stereocenters. The van der Waals surface area contributed by atoms with Crippen LogP contribution in [0.25, 0.3) is 33.2 Å². The summed E-state index contributed by atoms with van der Waals surface area (Å²) in [5.74, 6) is 1.46. The van der Waals surface area contributed by atoms with Crippen LogP contribution < -0.4 is 20.7 Å². The SMILES string of the molecule is COc1cc(-c2nn(C3CCN(c4cocn4)CC3)c3ncnc(N)c23)ccc1NC(=O)c1cc2ccccc2n1C. The Morgan fingerprint density at radius 1 is 1.10 bits per heavy atom. The Labute approximate surface area is 240 Å². The number of amides is 1. The number of hydrogen-bond acceptors (Lipinski definition) is 9. The summed E-state index contributed by atoms with van der Waals surface area (Å²) in [4.78, 5) is 28.6. The molecule has 1 aliphatic heterocycles. The molecular formula is C30H29N9O3. The number of nitrogens with zero attached hydrogens (tertiary/aromatic N) is 7. The van der Waals surface area contributed by atoms with E-state index in [1.165, 1.54) is 12.7 Å². The molecule has 2 aromatic carbocycles. The number of nitrogens with one attached hydrogen (secondary N) is 1. The van der Waals surface area contributed by atoms with Gasteiger partial charge in [0.15, 0.2) is 17.9 Å². The van der Waals surface area contributed by atoms with Crippen LogP contribution in [0.4, 0.5) is 17.3 Å². The van der Waals surface area contributed by atoms with Gasteiger partial charge in [-0.2, -0.15) is 10.1 Å². The van der Waals surface area contributed by atoms with Gasteiger partial charge in [0.25, 0.3) is 5.91 Å². The normalized spacial score (nSPS) is 14.1. The van der Waals surface area contributed by atoms with Crippen LogP contribution in [0.5, 0.6) is 5.75 Å². The smallest absolute Gasteiger partial charge is 0.272 e. The van der Waals surface area contributed by atoms with E-state index in [4.69, 9.17) is 20.0 Å². The fraction of sp³-hybridized carbons (Fsp3) is 0.233.